The molecule has 1 saturated heterocycles. The lowest BCUT2D eigenvalue weighted by Crippen LogP contribution is -2.47. The number of carbonyl (C=O) groups excluding carboxylic acids is 1. The van der Waals surface area contributed by atoms with Crippen molar-refractivity contribution in [3.63, 3.8) is 0 Å². The van der Waals surface area contributed by atoms with Crippen molar-refractivity contribution in [1.82, 2.24) is 14.6 Å². The number of terminal acetylenes is 1. The quantitative estimate of drug-likeness (QED) is 0.188. The van der Waals surface area contributed by atoms with Crippen LogP contribution in [-0.4, -0.2) is 62.3 Å². The lowest BCUT2D eigenvalue weighted by Gasteiger charge is -2.26. The molecule has 1 aliphatic heterocycles. The number of aromatic nitrogens is 2. The van der Waals surface area contributed by atoms with E-state index < -0.39 is 62.2 Å². The van der Waals surface area contributed by atoms with Crippen LogP contribution in [0.25, 0.3) is 0 Å². The second-order valence-electron chi connectivity index (χ2n) is 8.52. The lowest BCUT2D eigenvalue weighted by molar-refractivity contribution is -0.149. The summed E-state index contributed by atoms with van der Waals surface area (Å²) >= 11 is 0. The van der Waals surface area contributed by atoms with Crippen molar-refractivity contribution >= 4 is 19.5 Å². The molecule has 3 rings (SSSR count). The number of rotatable bonds is 10. The van der Waals surface area contributed by atoms with Crippen molar-refractivity contribution in [1.29, 1.82) is 0 Å². The first-order valence-electron chi connectivity index (χ1n) is 11.2. The first-order valence-corrected chi connectivity index (χ1v) is 12.8. The number of para-hydroxylation sites is 1. The van der Waals surface area contributed by atoms with Gasteiger partial charge in [-0.2, -0.15) is 10.1 Å². The summed E-state index contributed by atoms with van der Waals surface area (Å²) in [5.74, 6) is 1.43. The molecule has 0 aliphatic carbocycles. The Morgan fingerprint density at radius 3 is 2.62 bits per heavy atom. The molecule has 2 aromatic rings. The van der Waals surface area contributed by atoms with Crippen LogP contribution in [0, 0.1) is 12.3 Å². The molecule has 200 valence electrons. The Morgan fingerprint density at radius 2 is 2.03 bits per heavy atom. The van der Waals surface area contributed by atoms with E-state index in [2.05, 4.69) is 10.1 Å². The van der Waals surface area contributed by atoms with Gasteiger partial charge >= 0.3 is 19.4 Å². The Balaban J connectivity index is 1.83. The SMILES string of the molecule is C#C[C@@]1(O)[C@H](O)[C@@H](COP(=O)(N[C@@H](C)C(=O)OC(C)C)Oc2ccccc2)O[C@H]1n1ccc(N)nc1=O. The van der Waals surface area contributed by atoms with Gasteiger partial charge in [-0.15, -0.1) is 6.42 Å². The van der Waals surface area contributed by atoms with Crippen molar-refractivity contribution in [2.24, 2.45) is 0 Å². The molecule has 1 aromatic heterocycles. The largest absolute Gasteiger partial charge is 0.462 e. The van der Waals surface area contributed by atoms with Crippen LogP contribution < -0.4 is 21.0 Å². The normalized spacial score (nSPS) is 25.7. The molecular formula is C23H29N4O9P. The summed E-state index contributed by atoms with van der Waals surface area (Å²) < 4.78 is 36.3. The van der Waals surface area contributed by atoms with Crippen molar-refractivity contribution < 1.29 is 38.1 Å². The zero-order valence-electron chi connectivity index (χ0n) is 20.4. The lowest BCUT2D eigenvalue weighted by atomic mass is 9.95. The molecule has 14 heteroatoms. The first kappa shape index (κ1) is 28.3. The van der Waals surface area contributed by atoms with E-state index in [0.717, 1.165) is 4.57 Å². The Hall–Kier alpha value is -3.24. The fraction of sp³-hybridized carbons (Fsp3) is 0.435. The second-order valence-corrected chi connectivity index (χ2v) is 10.2. The monoisotopic (exact) mass is 536 g/mol. The minimum absolute atomic E-state index is 0.0703. The molecule has 37 heavy (non-hydrogen) atoms. The van der Waals surface area contributed by atoms with E-state index in [1.165, 1.54) is 31.3 Å². The van der Waals surface area contributed by atoms with Gasteiger partial charge in [0.2, 0.25) is 0 Å². The smallest absolute Gasteiger partial charge is 0.459 e. The number of esters is 1. The number of hydrogen-bond acceptors (Lipinski definition) is 11. The molecule has 1 unspecified atom stereocenters. The van der Waals surface area contributed by atoms with Crippen molar-refractivity contribution in [2.75, 3.05) is 12.3 Å². The van der Waals surface area contributed by atoms with Crippen LogP contribution in [0.4, 0.5) is 5.82 Å². The van der Waals surface area contributed by atoms with E-state index in [0.29, 0.717) is 0 Å². The van der Waals surface area contributed by atoms with Crippen LogP contribution in [0.1, 0.15) is 27.0 Å². The van der Waals surface area contributed by atoms with Crippen LogP contribution in [0.2, 0.25) is 0 Å². The molecular weight excluding hydrogens is 507 g/mol. The van der Waals surface area contributed by atoms with Crippen LogP contribution in [0.15, 0.2) is 47.4 Å². The van der Waals surface area contributed by atoms with Crippen LogP contribution in [-0.2, 0) is 23.4 Å². The molecule has 6 atom stereocenters. The average Bonchev–Trinajstić information content (AvgIpc) is 3.08. The highest BCUT2D eigenvalue weighted by Crippen LogP contribution is 2.46. The third-order valence-electron chi connectivity index (χ3n) is 5.25. The number of ether oxygens (including phenoxy) is 2. The van der Waals surface area contributed by atoms with Gasteiger partial charge in [-0.25, -0.2) is 9.36 Å². The topological polar surface area (TPSA) is 184 Å². The zero-order chi connectivity index (χ0) is 27.4. The Labute approximate surface area is 213 Å². The number of nitrogens with two attached hydrogens (primary N) is 1. The van der Waals surface area contributed by atoms with Gasteiger partial charge in [-0.1, -0.05) is 24.1 Å². The molecule has 5 N–H and O–H groups in total. The molecule has 1 fully saturated rings. The molecule has 1 aromatic carbocycles. The molecule has 0 bridgehead atoms. The van der Waals surface area contributed by atoms with Gasteiger partial charge in [-0.3, -0.25) is 13.9 Å². The number of nitrogen functional groups attached to an aromatic ring is 1. The standard InChI is InChI=1S/C23H29N4O9P/c1-5-23(31)19(28)17(35-21(23)27-12-11-18(24)25-22(27)30)13-33-37(32,36-16-9-7-6-8-10-16)26-15(4)20(29)34-14(2)3/h1,6-12,14-15,17,19,21,28,31H,13H2,2-4H3,(H,26,32)(H2,24,25,30)/t15-,17+,19+,21+,23+,37?/m0/s1. The highest BCUT2D eigenvalue weighted by Gasteiger charge is 2.56. The van der Waals surface area contributed by atoms with Gasteiger partial charge in [0, 0.05) is 6.20 Å². The summed E-state index contributed by atoms with van der Waals surface area (Å²) in [6, 6.07) is 8.19. The predicted molar refractivity (Wildman–Crippen MR) is 131 cm³/mol. The van der Waals surface area contributed by atoms with Crippen molar-refractivity contribution in [3.8, 4) is 18.1 Å². The molecule has 0 spiro atoms. The second kappa shape index (κ2) is 11.4. The van der Waals surface area contributed by atoms with Gasteiger partial charge in [0.15, 0.2) is 11.8 Å². The molecule has 2 heterocycles. The molecule has 0 radical (unpaired) electrons. The summed E-state index contributed by atoms with van der Waals surface area (Å²) in [5, 5.41) is 24.2. The summed E-state index contributed by atoms with van der Waals surface area (Å²) in [4.78, 5) is 28.2. The summed E-state index contributed by atoms with van der Waals surface area (Å²) in [7, 11) is -4.30. The summed E-state index contributed by atoms with van der Waals surface area (Å²) in [6.45, 7) is 4.10. The molecule has 13 nitrogen and oxygen atoms in total. The van der Waals surface area contributed by atoms with Crippen LogP contribution in [0.5, 0.6) is 5.75 Å². The maximum atomic E-state index is 13.6. The number of aliphatic hydroxyl groups is 2. The van der Waals surface area contributed by atoms with E-state index in [-0.39, 0.29) is 11.6 Å². The summed E-state index contributed by atoms with van der Waals surface area (Å²) in [6.07, 6.45) is 1.53. The number of nitrogens with one attached hydrogen (secondary N) is 1. The Kier molecular flexibility index (Phi) is 8.76. The Bertz CT molecular complexity index is 1250. The third-order valence-corrected chi connectivity index (χ3v) is 6.90. The van der Waals surface area contributed by atoms with Crippen molar-refractivity contribution in [3.05, 3.63) is 53.1 Å². The first-order chi connectivity index (χ1) is 17.4. The molecule has 0 saturated carbocycles. The van der Waals surface area contributed by atoms with E-state index in [9.17, 15) is 24.4 Å². The number of aliphatic hydroxyl groups excluding tert-OH is 1. The molecule has 0 amide bonds. The zero-order valence-corrected chi connectivity index (χ0v) is 21.3. The van der Waals surface area contributed by atoms with Gasteiger partial charge < -0.3 is 29.9 Å². The number of carbonyl (C=O) groups is 1. The van der Waals surface area contributed by atoms with Crippen LogP contribution >= 0.6 is 7.75 Å². The number of nitrogens with zero attached hydrogens (tertiary/aromatic N) is 2. The average molecular weight is 536 g/mol. The number of hydrogen-bond donors (Lipinski definition) is 4. The minimum Gasteiger partial charge on any atom is -0.462 e. The van der Waals surface area contributed by atoms with Gasteiger partial charge in [-0.05, 0) is 39.0 Å². The fourth-order valence-electron chi connectivity index (χ4n) is 3.45. The van der Waals surface area contributed by atoms with E-state index in [1.807, 2.05) is 5.92 Å². The highest BCUT2D eigenvalue weighted by atomic mass is 31.2. The number of benzene rings is 1. The van der Waals surface area contributed by atoms with E-state index in [4.69, 9.17) is 30.7 Å². The number of anilines is 1. The fourth-order valence-corrected chi connectivity index (χ4v) is 4.95. The molecule has 1 aliphatic rings. The van der Waals surface area contributed by atoms with Gasteiger partial charge in [0.1, 0.15) is 29.8 Å². The Morgan fingerprint density at radius 1 is 1.35 bits per heavy atom. The predicted octanol–water partition coefficient (Wildman–Crippen LogP) is 0.581. The maximum Gasteiger partial charge on any atom is 0.459 e. The third kappa shape index (κ3) is 6.56. The van der Waals surface area contributed by atoms with E-state index in [1.54, 1.807) is 32.0 Å². The maximum absolute atomic E-state index is 13.6. The van der Waals surface area contributed by atoms with Gasteiger partial charge in [0.05, 0.1) is 12.7 Å². The van der Waals surface area contributed by atoms with Crippen LogP contribution in [0.3, 0.4) is 0 Å². The van der Waals surface area contributed by atoms with E-state index >= 15 is 0 Å². The summed E-state index contributed by atoms with van der Waals surface area (Å²) in [5.41, 5.74) is 2.25. The highest BCUT2D eigenvalue weighted by molar-refractivity contribution is 7.52. The van der Waals surface area contributed by atoms with Gasteiger partial charge in [0.25, 0.3) is 0 Å². The minimum atomic E-state index is -4.30. The van der Waals surface area contributed by atoms with Crippen molar-refractivity contribution in [2.45, 2.75) is 57.0 Å².